The largest absolute Gasteiger partial charge is 0.340 e. The van der Waals surface area contributed by atoms with Crippen molar-refractivity contribution in [3.63, 3.8) is 0 Å². The van der Waals surface area contributed by atoms with Crippen LogP contribution in [0.2, 0.25) is 0 Å². The van der Waals surface area contributed by atoms with Crippen LogP contribution in [-0.2, 0) is 11.3 Å². The topological polar surface area (TPSA) is 76.8 Å². The van der Waals surface area contributed by atoms with Crippen LogP contribution in [0.3, 0.4) is 0 Å². The summed E-state index contributed by atoms with van der Waals surface area (Å²) in [6.45, 7) is 1.56. The Balaban J connectivity index is 1.27. The summed E-state index contributed by atoms with van der Waals surface area (Å²) >= 11 is 1.73. The van der Waals surface area contributed by atoms with Crippen molar-refractivity contribution in [2.45, 2.75) is 25.3 Å². The second kappa shape index (κ2) is 7.71. The first-order valence-corrected chi connectivity index (χ1v) is 10.5. The summed E-state index contributed by atoms with van der Waals surface area (Å²) in [6.07, 6.45) is 2.04. The maximum absolute atomic E-state index is 12.8. The van der Waals surface area contributed by atoms with E-state index in [-0.39, 0.29) is 18.4 Å². The number of amides is 1. The Hall–Kier alpha value is -3.13. The maximum atomic E-state index is 12.8. The molecule has 3 heterocycles. The molecule has 7 nitrogen and oxygen atoms in total. The van der Waals surface area contributed by atoms with Gasteiger partial charge in [0.05, 0.1) is 15.2 Å². The monoisotopic (exact) mass is 404 g/mol. The van der Waals surface area contributed by atoms with Gasteiger partial charge in [0.2, 0.25) is 11.7 Å². The summed E-state index contributed by atoms with van der Waals surface area (Å²) in [6, 6.07) is 17.8. The fraction of sp³-hybridized carbons (Fsp3) is 0.286. The fourth-order valence-electron chi connectivity index (χ4n) is 3.70. The van der Waals surface area contributed by atoms with Crippen molar-refractivity contribution in [3.05, 3.63) is 59.6 Å². The Bertz CT molecular complexity index is 1110. The predicted molar refractivity (Wildman–Crippen MR) is 111 cm³/mol. The first kappa shape index (κ1) is 17.9. The van der Waals surface area contributed by atoms with E-state index in [0.717, 1.165) is 35.5 Å². The summed E-state index contributed by atoms with van der Waals surface area (Å²) in [5.74, 6) is 0.839. The van der Waals surface area contributed by atoms with E-state index in [0.29, 0.717) is 12.4 Å². The van der Waals surface area contributed by atoms with Gasteiger partial charge >= 0.3 is 0 Å². The number of aromatic nitrogens is 5. The van der Waals surface area contributed by atoms with Crippen LogP contribution in [-0.4, -0.2) is 49.1 Å². The second-order valence-electron chi connectivity index (χ2n) is 7.21. The quantitative estimate of drug-likeness (QED) is 0.521. The highest BCUT2D eigenvalue weighted by molar-refractivity contribution is 7.18. The van der Waals surface area contributed by atoms with Crippen LogP contribution >= 0.6 is 11.3 Å². The highest BCUT2D eigenvalue weighted by Crippen LogP contribution is 2.33. The highest BCUT2D eigenvalue weighted by Gasteiger charge is 2.27. The first-order chi connectivity index (χ1) is 14.3. The molecular weight excluding hydrogens is 384 g/mol. The minimum Gasteiger partial charge on any atom is -0.340 e. The number of rotatable bonds is 4. The molecule has 1 aliphatic heterocycles. The van der Waals surface area contributed by atoms with E-state index >= 15 is 0 Å². The fourth-order valence-corrected chi connectivity index (χ4v) is 4.80. The standard InChI is InChI=1S/C21H20N6OS/c28-19(14-27-24-20(23-25-27)15-7-2-1-3-8-15)26-12-6-9-16(13-26)21-22-17-10-4-5-11-18(17)29-21/h1-5,7-8,10-11,16H,6,9,12-14H2. The summed E-state index contributed by atoms with van der Waals surface area (Å²) < 4.78 is 1.20. The smallest absolute Gasteiger partial charge is 0.246 e. The molecule has 1 amide bonds. The van der Waals surface area contributed by atoms with Crippen LogP contribution in [0.5, 0.6) is 0 Å². The van der Waals surface area contributed by atoms with Crippen molar-refractivity contribution in [1.82, 2.24) is 30.1 Å². The predicted octanol–water partition coefficient (Wildman–Crippen LogP) is 3.36. The van der Waals surface area contributed by atoms with E-state index in [2.05, 4.69) is 21.5 Å². The number of carbonyl (C=O) groups is 1. The van der Waals surface area contributed by atoms with Crippen LogP contribution in [0.1, 0.15) is 23.8 Å². The molecule has 0 spiro atoms. The van der Waals surface area contributed by atoms with Gasteiger partial charge in [-0.25, -0.2) is 4.98 Å². The SMILES string of the molecule is O=C(Cn1nnc(-c2ccccc2)n1)N1CCCC(c2nc3ccccc3s2)C1. The zero-order chi connectivity index (χ0) is 19.6. The van der Waals surface area contributed by atoms with Gasteiger partial charge in [0.15, 0.2) is 0 Å². The molecule has 29 heavy (non-hydrogen) atoms. The lowest BCUT2D eigenvalue weighted by Crippen LogP contribution is -2.41. The van der Waals surface area contributed by atoms with E-state index in [1.807, 2.05) is 53.4 Å². The van der Waals surface area contributed by atoms with Gasteiger partial charge in [-0.2, -0.15) is 4.80 Å². The van der Waals surface area contributed by atoms with Gasteiger partial charge < -0.3 is 4.90 Å². The Kier molecular flexibility index (Phi) is 4.77. The van der Waals surface area contributed by atoms with Gasteiger partial charge in [-0.3, -0.25) is 4.79 Å². The summed E-state index contributed by atoms with van der Waals surface area (Å²) in [7, 11) is 0. The lowest BCUT2D eigenvalue weighted by atomic mass is 9.98. The lowest BCUT2D eigenvalue weighted by Gasteiger charge is -2.31. The summed E-state index contributed by atoms with van der Waals surface area (Å²) in [5, 5.41) is 13.6. The van der Waals surface area contributed by atoms with Gasteiger partial charge in [0.1, 0.15) is 6.54 Å². The molecule has 5 rings (SSSR count). The highest BCUT2D eigenvalue weighted by atomic mass is 32.1. The number of benzene rings is 2. The van der Waals surface area contributed by atoms with Crippen LogP contribution in [0.25, 0.3) is 21.6 Å². The zero-order valence-electron chi connectivity index (χ0n) is 15.8. The number of fused-ring (bicyclic) bond motifs is 1. The molecule has 1 saturated heterocycles. The Morgan fingerprint density at radius 3 is 2.79 bits per heavy atom. The number of para-hydroxylation sites is 1. The van der Waals surface area contributed by atoms with Crippen molar-refractivity contribution in [3.8, 4) is 11.4 Å². The number of tetrazole rings is 1. The van der Waals surface area contributed by atoms with E-state index in [4.69, 9.17) is 4.98 Å². The molecule has 8 heteroatoms. The number of hydrogen-bond donors (Lipinski definition) is 0. The van der Waals surface area contributed by atoms with Gasteiger partial charge in [-0.1, -0.05) is 42.5 Å². The van der Waals surface area contributed by atoms with Crippen LogP contribution in [0, 0.1) is 0 Å². The number of carbonyl (C=O) groups excluding carboxylic acids is 1. The molecule has 146 valence electrons. The summed E-state index contributed by atoms with van der Waals surface area (Å²) in [4.78, 5) is 20.9. The number of likely N-dealkylation sites (tertiary alicyclic amines) is 1. The molecule has 4 aromatic rings. The number of hydrogen-bond acceptors (Lipinski definition) is 6. The zero-order valence-corrected chi connectivity index (χ0v) is 16.6. The van der Waals surface area contributed by atoms with Crippen molar-refractivity contribution in [1.29, 1.82) is 0 Å². The third-order valence-electron chi connectivity index (χ3n) is 5.20. The van der Waals surface area contributed by atoms with Crippen LogP contribution in [0.15, 0.2) is 54.6 Å². The molecule has 1 fully saturated rings. The molecule has 1 atom stereocenters. The Labute approximate surface area is 172 Å². The number of nitrogens with zero attached hydrogens (tertiary/aromatic N) is 6. The van der Waals surface area contributed by atoms with Crippen LogP contribution < -0.4 is 0 Å². The molecule has 0 radical (unpaired) electrons. The van der Waals surface area contributed by atoms with E-state index < -0.39 is 0 Å². The van der Waals surface area contributed by atoms with Gasteiger partial charge in [0, 0.05) is 24.6 Å². The third kappa shape index (κ3) is 3.75. The third-order valence-corrected chi connectivity index (χ3v) is 6.39. The summed E-state index contributed by atoms with van der Waals surface area (Å²) in [5.41, 5.74) is 1.93. The minimum absolute atomic E-state index is 0.0211. The van der Waals surface area contributed by atoms with Gasteiger partial charge in [0.25, 0.3) is 0 Å². The molecule has 0 aliphatic carbocycles. The Morgan fingerprint density at radius 2 is 1.93 bits per heavy atom. The molecule has 1 unspecified atom stereocenters. The van der Waals surface area contributed by atoms with Gasteiger partial charge in [-0.15, -0.1) is 21.5 Å². The van der Waals surface area contributed by atoms with Crippen LogP contribution in [0.4, 0.5) is 0 Å². The normalized spacial score (nSPS) is 17.0. The molecule has 1 aliphatic rings. The Morgan fingerprint density at radius 1 is 1.10 bits per heavy atom. The van der Waals surface area contributed by atoms with E-state index in [1.165, 1.54) is 9.50 Å². The first-order valence-electron chi connectivity index (χ1n) is 9.73. The lowest BCUT2D eigenvalue weighted by molar-refractivity contribution is -0.133. The van der Waals surface area contributed by atoms with Crippen molar-refractivity contribution in [2.75, 3.05) is 13.1 Å². The molecular formula is C21H20N6OS. The average molecular weight is 404 g/mol. The molecule has 2 aromatic carbocycles. The second-order valence-corrected chi connectivity index (χ2v) is 8.27. The molecule has 0 bridgehead atoms. The molecule has 0 saturated carbocycles. The maximum Gasteiger partial charge on any atom is 0.246 e. The van der Waals surface area contributed by atoms with E-state index in [1.54, 1.807) is 11.3 Å². The van der Waals surface area contributed by atoms with E-state index in [9.17, 15) is 4.79 Å². The van der Waals surface area contributed by atoms with Crippen molar-refractivity contribution < 1.29 is 4.79 Å². The minimum atomic E-state index is 0.0211. The molecule has 2 aromatic heterocycles. The van der Waals surface area contributed by atoms with Crippen molar-refractivity contribution in [2.24, 2.45) is 0 Å². The van der Waals surface area contributed by atoms with Gasteiger partial charge in [-0.05, 0) is 30.2 Å². The molecule has 0 N–H and O–H groups in total. The van der Waals surface area contributed by atoms with Crippen molar-refractivity contribution >= 4 is 27.5 Å². The number of thiazole rings is 1. The number of piperidine rings is 1. The average Bonchev–Trinajstić information content (AvgIpc) is 3.41.